The monoisotopic (exact) mass is 918 g/mol. The van der Waals surface area contributed by atoms with E-state index in [0.29, 0.717) is 23.9 Å². The number of allylic oxidation sites excluding steroid dienone is 12. The topological polar surface area (TPSA) is 111 Å². The first-order chi connectivity index (χ1) is 31.0. The molecular weight excluding hydrogens is 822 g/mol. The van der Waals surface area contributed by atoms with Crippen LogP contribution in [0.25, 0.3) is 0 Å². The van der Waals surface area contributed by atoms with E-state index in [1.54, 1.807) is 0 Å². The van der Waals surface area contributed by atoms with Gasteiger partial charge in [0.05, 0.1) is 27.7 Å². The molecule has 0 heterocycles. The Morgan fingerprint density at radius 3 is 1.30 bits per heavy atom. The van der Waals surface area contributed by atoms with Crippen LogP contribution in [0.15, 0.2) is 72.9 Å². The molecule has 9 nitrogen and oxygen atoms in total. The maximum absolute atomic E-state index is 12.7. The summed E-state index contributed by atoms with van der Waals surface area (Å²) in [5.74, 6) is -0.929. The van der Waals surface area contributed by atoms with Crippen molar-refractivity contribution in [2.45, 2.75) is 213 Å². The molecule has 0 bridgehead atoms. The average molecular weight is 918 g/mol. The second-order valence-corrected chi connectivity index (χ2v) is 19.6. The normalized spacial score (nSPS) is 14.0. The molecule has 0 aromatic carbocycles. The van der Waals surface area contributed by atoms with Crippen molar-refractivity contribution in [3.8, 4) is 0 Å². The lowest BCUT2D eigenvalue weighted by Crippen LogP contribution is -2.37. The number of carbonyl (C=O) groups is 2. The van der Waals surface area contributed by atoms with E-state index in [4.69, 9.17) is 18.5 Å². The summed E-state index contributed by atoms with van der Waals surface area (Å²) in [6.07, 6.45) is 58.1. The molecule has 10 heteroatoms. The summed E-state index contributed by atoms with van der Waals surface area (Å²) in [7, 11) is 1.12. The zero-order chi connectivity index (χ0) is 47.1. The van der Waals surface area contributed by atoms with Crippen LogP contribution in [-0.2, 0) is 32.7 Å². The van der Waals surface area contributed by atoms with Gasteiger partial charge in [-0.25, -0.2) is 0 Å². The number of quaternary nitrogens is 1. The molecule has 0 saturated heterocycles. The van der Waals surface area contributed by atoms with Crippen LogP contribution in [0.5, 0.6) is 0 Å². The molecule has 0 fully saturated rings. The van der Waals surface area contributed by atoms with E-state index in [1.807, 2.05) is 33.3 Å². The van der Waals surface area contributed by atoms with Gasteiger partial charge in [0.15, 0.2) is 6.10 Å². The third kappa shape index (κ3) is 48.9. The first-order valence-corrected chi connectivity index (χ1v) is 27.1. The van der Waals surface area contributed by atoms with Crippen LogP contribution in [-0.4, -0.2) is 70.0 Å². The van der Waals surface area contributed by atoms with E-state index in [0.717, 1.165) is 57.8 Å². The number of phosphoric acid groups is 1. The number of carbonyl (C=O) groups excluding carboxylic acids is 2. The maximum Gasteiger partial charge on any atom is 0.306 e. The Kier molecular flexibility index (Phi) is 43.8. The van der Waals surface area contributed by atoms with Gasteiger partial charge >= 0.3 is 11.9 Å². The Balaban J connectivity index is 4.34. The van der Waals surface area contributed by atoms with Crippen LogP contribution >= 0.6 is 7.82 Å². The molecule has 1 unspecified atom stereocenters. The number of rotatable bonds is 46. The van der Waals surface area contributed by atoms with Gasteiger partial charge in [-0.15, -0.1) is 0 Å². The number of phosphoric ester groups is 1. The summed E-state index contributed by atoms with van der Waals surface area (Å²) in [6.45, 7) is 4.05. The molecule has 0 spiro atoms. The van der Waals surface area contributed by atoms with E-state index in [1.165, 1.54) is 109 Å². The molecule has 0 N–H and O–H groups in total. The number of esters is 2. The molecule has 0 rings (SSSR count). The van der Waals surface area contributed by atoms with E-state index in [9.17, 15) is 19.0 Å². The maximum atomic E-state index is 12.7. The summed E-state index contributed by atoms with van der Waals surface area (Å²) < 4.78 is 34.0. The molecule has 0 aliphatic carbocycles. The second kappa shape index (κ2) is 45.6. The molecule has 2 atom stereocenters. The van der Waals surface area contributed by atoms with Crippen LogP contribution in [0.2, 0.25) is 0 Å². The number of ether oxygens (including phenoxy) is 2. The fourth-order valence-corrected chi connectivity index (χ4v) is 7.53. The van der Waals surface area contributed by atoms with E-state index >= 15 is 0 Å². The van der Waals surface area contributed by atoms with Gasteiger partial charge in [0.25, 0.3) is 7.82 Å². The number of hydrogen-bond acceptors (Lipinski definition) is 8. The molecule has 64 heavy (non-hydrogen) atoms. The lowest BCUT2D eigenvalue weighted by Gasteiger charge is -2.28. The van der Waals surface area contributed by atoms with Gasteiger partial charge in [-0.05, 0) is 51.4 Å². The van der Waals surface area contributed by atoms with Crippen molar-refractivity contribution in [2.24, 2.45) is 0 Å². The standard InChI is InChI=1S/C54H96NO8P/c1-6-8-10-12-14-16-18-20-22-24-26-27-29-31-33-35-37-39-41-43-45-47-54(57)63-52(51-62-64(58,59)61-49-48-55(3,4)5)50-60-53(56)46-44-42-40-38-36-34-32-30-28-25-23-21-19-17-15-13-11-9-7-2/h9,11,15,17,21,23,28,30,34,36,40,42,52H,6-8,10,12-14,16,18-20,22,24-27,29,31-33,35,37-39,41,43-51H2,1-5H3/b11-9-,17-15-,23-21-,30-28-,36-34-,42-40-/t52-/m1/s1. The predicted octanol–water partition coefficient (Wildman–Crippen LogP) is 14.7. The second-order valence-electron chi connectivity index (χ2n) is 18.2. The molecule has 0 aromatic rings. The molecule has 0 saturated carbocycles. The van der Waals surface area contributed by atoms with Gasteiger partial charge in [0, 0.05) is 12.8 Å². The van der Waals surface area contributed by atoms with Crippen LogP contribution in [0.3, 0.4) is 0 Å². The van der Waals surface area contributed by atoms with Crippen LogP contribution in [0, 0.1) is 0 Å². The van der Waals surface area contributed by atoms with Crippen molar-refractivity contribution in [3.05, 3.63) is 72.9 Å². The molecule has 0 aliphatic heterocycles. The predicted molar refractivity (Wildman–Crippen MR) is 268 cm³/mol. The highest BCUT2D eigenvalue weighted by Gasteiger charge is 2.21. The van der Waals surface area contributed by atoms with Gasteiger partial charge in [0.1, 0.15) is 19.8 Å². The zero-order valence-electron chi connectivity index (χ0n) is 41.7. The van der Waals surface area contributed by atoms with Crippen molar-refractivity contribution < 1.29 is 42.1 Å². The molecule has 0 amide bonds. The van der Waals surface area contributed by atoms with Crippen molar-refractivity contribution in [2.75, 3.05) is 47.5 Å². The largest absolute Gasteiger partial charge is 0.756 e. The summed E-state index contributed by atoms with van der Waals surface area (Å²) in [4.78, 5) is 37.7. The van der Waals surface area contributed by atoms with Gasteiger partial charge in [0.2, 0.25) is 0 Å². The minimum Gasteiger partial charge on any atom is -0.756 e. The minimum atomic E-state index is -4.65. The van der Waals surface area contributed by atoms with E-state index < -0.39 is 32.5 Å². The molecule has 0 aromatic heterocycles. The molecule has 370 valence electrons. The Bertz CT molecular complexity index is 1310. The third-order valence-corrected chi connectivity index (χ3v) is 11.7. The van der Waals surface area contributed by atoms with Gasteiger partial charge in [-0.2, -0.15) is 0 Å². The highest BCUT2D eigenvalue weighted by Crippen LogP contribution is 2.38. The minimum absolute atomic E-state index is 0.0439. The zero-order valence-corrected chi connectivity index (χ0v) is 42.6. The highest BCUT2D eigenvalue weighted by molar-refractivity contribution is 7.45. The van der Waals surface area contributed by atoms with Gasteiger partial charge in [-0.3, -0.25) is 14.2 Å². The van der Waals surface area contributed by atoms with Crippen LogP contribution in [0.1, 0.15) is 206 Å². The van der Waals surface area contributed by atoms with Crippen LogP contribution < -0.4 is 4.89 Å². The number of likely N-dealkylation sites (N-methyl/N-ethyl adjacent to an activating group) is 1. The Labute approximate surface area is 393 Å². The lowest BCUT2D eigenvalue weighted by molar-refractivity contribution is -0.870. The van der Waals surface area contributed by atoms with Crippen molar-refractivity contribution in [1.82, 2.24) is 0 Å². The lowest BCUT2D eigenvalue weighted by atomic mass is 10.0. The molecule has 0 aliphatic rings. The highest BCUT2D eigenvalue weighted by atomic mass is 31.2. The first-order valence-electron chi connectivity index (χ1n) is 25.6. The van der Waals surface area contributed by atoms with Gasteiger partial charge < -0.3 is 27.9 Å². The van der Waals surface area contributed by atoms with E-state index in [2.05, 4.69) is 74.6 Å². The number of nitrogens with zero attached hydrogens (tertiary/aromatic N) is 1. The fraction of sp³-hybridized carbons (Fsp3) is 0.741. The van der Waals surface area contributed by atoms with Crippen molar-refractivity contribution in [3.63, 3.8) is 0 Å². The first kappa shape index (κ1) is 61.5. The smallest absolute Gasteiger partial charge is 0.306 e. The summed E-state index contributed by atoms with van der Waals surface area (Å²) >= 11 is 0. The molecule has 0 radical (unpaired) electrons. The van der Waals surface area contributed by atoms with E-state index in [-0.39, 0.29) is 26.1 Å². The van der Waals surface area contributed by atoms with Crippen molar-refractivity contribution in [1.29, 1.82) is 0 Å². The van der Waals surface area contributed by atoms with Crippen molar-refractivity contribution >= 4 is 19.8 Å². The number of unbranched alkanes of at least 4 members (excludes halogenated alkanes) is 20. The SMILES string of the molecule is CC/C=C\C/C=C\C/C=C\C/C=C\C/C=C\C/C=C\CCC(=O)OC[C@H](COP(=O)([O-])OCC[N+](C)(C)C)OC(=O)CCCCCCCCCCCCCCCCCCCCCCC. The van der Waals surface area contributed by atoms with Gasteiger partial charge in [-0.1, -0.05) is 215 Å². The Morgan fingerprint density at radius 1 is 0.500 bits per heavy atom. The summed E-state index contributed by atoms with van der Waals surface area (Å²) in [5, 5.41) is 0. The average Bonchev–Trinajstić information content (AvgIpc) is 3.25. The quantitative estimate of drug-likeness (QED) is 0.0195. The summed E-state index contributed by atoms with van der Waals surface area (Å²) in [6, 6.07) is 0. The number of hydrogen-bond donors (Lipinski definition) is 0. The van der Waals surface area contributed by atoms with Crippen LogP contribution in [0.4, 0.5) is 0 Å². The fourth-order valence-electron chi connectivity index (χ4n) is 6.80. The molecular formula is C54H96NO8P. The Morgan fingerprint density at radius 2 is 0.891 bits per heavy atom. The Hall–Kier alpha value is -2.55. The summed E-state index contributed by atoms with van der Waals surface area (Å²) in [5.41, 5.74) is 0. The third-order valence-electron chi connectivity index (χ3n) is 10.8.